The van der Waals surface area contributed by atoms with Crippen LogP contribution in [0.15, 0.2) is 60.0 Å². The summed E-state index contributed by atoms with van der Waals surface area (Å²) in [5.74, 6) is 0.198. The first-order chi connectivity index (χ1) is 19.9. The summed E-state index contributed by atoms with van der Waals surface area (Å²) in [7, 11) is 0.790. The molecule has 3 aromatic rings. The van der Waals surface area contributed by atoms with Crippen molar-refractivity contribution >= 4 is 33.3 Å². The lowest BCUT2D eigenvalue weighted by molar-refractivity contribution is 0.0387. The van der Waals surface area contributed by atoms with E-state index in [0.717, 1.165) is 0 Å². The number of carbonyl (C=O) groups excluding carboxylic acids is 2. The van der Waals surface area contributed by atoms with Gasteiger partial charge in [-0.1, -0.05) is 6.92 Å². The molecular weight excluding hydrogens is 564 g/mol. The molecule has 3 amide bonds. The Labute approximate surface area is 245 Å². The average Bonchev–Trinajstić information content (AvgIpc) is 3.42. The Hall–Kier alpha value is -4.14. The van der Waals surface area contributed by atoms with Gasteiger partial charge in [-0.25, -0.2) is 18.2 Å². The first-order valence-electron chi connectivity index (χ1n) is 13.3. The number of fused-ring (bicyclic) bond motifs is 1. The second-order valence-corrected chi connectivity index (χ2v) is 12.3. The van der Waals surface area contributed by atoms with Crippen molar-refractivity contribution in [3.63, 3.8) is 0 Å². The van der Waals surface area contributed by atoms with E-state index in [0.29, 0.717) is 17.1 Å². The quantitative estimate of drug-likeness (QED) is 0.339. The van der Waals surface area contributed by atoms with Crippen molar-refractivity contribution in [2.24, 2.45) is 13.0 Å². The summed E-state index contributed by atoms with van der Waals surface area (Å²) < 4.78 is 40.4. The third-order valence-electron chi connectivity index (χ3n) is 7.06. The number of aliphatic hydroxyl groups is 1. The minimum atomic E-state index is -3.90. The van der Waals surface area contributed by atoms with Crippen LogP contribution in [-0.4, -0.2) is 90.2 Å². The van der Waals surface area contributed by atoms with E-state index in [1.165, 1.54) is 34.8 Å². The van der Waals surface area contributed by atoms with Crippen LogP contribution in [0.5, 0.6) is 11.5 Å². The number of hydrogen-bond donors (Lipinski definition) is 3. The van der Waals surface area contributed by atoms with Gasteiger partial charge >= 0.3 is 6.03 Å². The van der Waals surface area contributed by atoms with Crippen molar-refractivity contribution in [1.82, 2.24) is 18.8 Å². The molecule has 13 nitrogen and oxygen atoms in total. The van der Waals surface area contributed by atoms with Crippen LogP contribution in [0.4, 0.5) is 16.2 Å². The molecule has 0 saturated carbocycles. The highest BCUT2D eigenvalue weighted by molar-refractivity contribution is 7.89. The van der Waals surface area contributed by atoms with Gasteiger partial charge < -0.3 is 34.7 Å². The number of methoxy groups -OCH3 is 1. The fraction of sp³-hybridized carbons (Fsp3) is 0.393. The molecule has 2 heterocycles. The number of benzene rings is 2. The molecule has 4 rings (SSSR count). The highest BCUT2D eigenvalue weighted by atomic mass is 32.2. The number of aryl methyl sites for hydroxylation is 1. The Morgan fingerprint density at radius 3 is 2.50 bits per heavy atom. The van der Waals surface area contributed by atoms with Crippen LogP contribution in [0, 0.1) is 5.92 Å². The SMILES string of the molecule is COc1ccc(NC(=O)Nc2ccc3c(c2)C(=O)N([C@@H](C)CO)C[C@@H](C)[C@H](CN(C)S(=O)(=O)c2cn(C)cn2)O3)cc1. The predicted molar refractivity (Wildman–Crippen MR) is 156 cm³/mol. The fourth-order valence-corrected chi connectivity index (χ4v) is 5.66. The molecule has 2 aromatic carbocycles. The minimum Gasteiger partial charge on any atom is -0.497 e. The summed E-state index contributed by atoms with van der Waals surface area (Å²) in [5, 5.41) is 15.3. The third-order valence-corrected chi connectivity index (χ3v) is 8.77. The number of urea groups is 1. The molecule has 1 aliphatic rings. The van der Waals surface area contributed by atoms with E-state index in [4.69, 9.17) is 9.47 Å². The number of sulfonamides is 1. The Morgan fingerprint density at radius 1 is 1.21 bits per heavy atom. The molecule has 3 atom stereocenters. The van der Waals surface area contributed by atoms with Crippen LogP contribution in [0.3, 0.4) is 0 Å². The number of aliphatic hydroxyl groups excluding tert-OH is 1. The number of nitrogens with one attached hydrogen (secondary N) is 2. The Balaban J connectivity index is 1.59. The lowest BCUT2D eigenvalue weighted by Crippen LogP contribution is -2.50. The van der Waals surface area contributed by atoms with Gasteiger partial charge in [-0.05, 0) is 49.4 Å². The van der Waals surface area contributed by atoms with Gasteiger partial charge in [0.1, 0.15) is 17.6 Å². The second-order valence-electron chi connectivity index (χ2n) is 10.3. The van der Waals surface area contributed by atoms with Crippen LogP contribution >= 0.6 is 0 Å². The summed E-state index contributed by atoms with van der Waals surface area (Å²) in [6.45, 7) is 3.51. The van der Waals surface area contributed by atoms with Gasteiger partial charge in [0.2, 0.25) is 0 Å². The summed E-state index contributed by atoms with van der Waals surface area (Å²) in [4.78, 5) is 31.9. The van der Waals surface area contributed by atoms with Gasteiger partial charge in [-0.2, -0.15) is 4.31 Å². The number of likely N-dealkylation sites (N-methyl/N-ethyl adjacent to an activating group) is 1. The molecule has 0 aliphatic carbocycles. The zero-order chi connectivity index (χ0) is 30.6. The topological polar surface area (TPSA) is 155 Å². The molecule has 14 heteroatoms. The Morgan fingerprint density at radius 2 is 1.88 bits per heavy atom. The van der Waals surface area contributed by atoms with Crippen LogP contribution in [0.2, 0.25) is 0 Å². The lowest BCUT2D eigenvalue weighted by atomic mass is 9.99. The molecule has 0 saturated heterocycles. The largest absolute Gasteiger partial charge is 0.497 e. The van der Waals surface area contributed by atoms with Crippen molar-refractivity contribution in [1.29, 1.82) is 0 Å². The van der Waals surface area contributed by atoms with Gasteiger partial charge in [0, 0.05) is 44.1 Å². The van der Waals surface area contributed by atoms with Crippen LogP contribution in [0.1, 0.15) is 24.2 Å². The maximum Gasteiger partial charge on any atom is 0.323 e. The molecule has 0 unspecified atom stereocenters. The highest BCUT2D eigenvalue weighted by Gasteiger charge is 2.35. The molecule has 1 aliphatic heterocycles. The van der Waals surface area contributed by atoms with E-state index in [-0.39, 0.29) is 47.9 Å². The smallest absolute Gasteiger partial charge is 0.323 e. The number of nitrogens with zero attached hydrogens (tertiary/aromatic N) is 4. The number of anilines is 2. The molecule has 1 aromatic heterocycles. The van der Waals surface area contributed by atoms with Crippen molar-refractivity contribution in [3.8, 4) is 11.5 Å². The van der Waals surface area contributed by atoms with Crippen LogP contribution < -0.4 is 20.1 Å². The first kappa shape index (κ1) is 30.8. The van der Waals surface area contributed by atoms with E-state index in [2.05, 4.69) is 15.6 Å². The number of rotatable bonds is 9. The number of amides is 3. The first-order valence-corrected chi connectivity index (χ1v) is 14.8. The molecule has 0 bridgehead atoms. The maximum absolute atomic E-state index is 13.7. The third kappa shape index (κ3) is 6.83. The van der Waals surface area contributed by atoms with Crippen LogP contribution in [-0.2, 0) is 17.1 Å². The van der Waals surface area contributed by atoms with Gasteiger partial charge in [0.15, 0.2) is 5.03 Å². The monoisotopic (exact) mass is 600 g/mol. The normalized spacial score (nSPS) is 18.0. The number of imidazole rings is 1. The average molecular weight is 601 g/mol. The van der Waals surface area contributed by atoms with Crippen molar-refractivity contribution in [2.45, 2.75) is 31.0 Å². The number of carbonyl (C=O) groups is 2. The fourth-order valence-electron chi connectivity index (χ4n) is 4.52. The maximum atomic E-state index is 13.7. The molecule has 0 fully saturated rings. The predicted octanol–water partition coefficient (Wildman–Crippen LogP) is 2.61. The standard InChI is InChI=1S/C28H36N6O7S/c1-18-13-34(19(2)16-35)27(36)23-12-21(31-28(37)30-20-6-9-22(40-5)10-7-20)8-11-24(23)41-25(18)14-33(4)42(38,39)26-15-32(3)17-29-26/h6-12,15,17-19,25,35H,13-14,16H2,1-5H3,(H2,30,31,37)/t18-,19+,25+/m1/s1. The van der Waals surface area contributed by atoms with E-state index >= 15 is 0 Å². The summed E-state index contributed by atoms with van der Waals surface area (Å²) >= 11 is 0. The van der Waals surface area contributed by atoms with Gasteiger partial charge in [0.05, 0.1) is 38.2 Å². The summed E-state index contributed by atoms with van der Waals surface area (Å²) in [6.07, 6.45) is 2.19. The lowest BCUT2D eigenvalue weighted by Gasteiger charge is -2.38. The van der Waals surface area contributed by atoms with Gasteiger partial charge in [-0.15, -0.1) is 0 Å². The highest BCUT2D eigenvalue weighted by Crippen LogP contribution is 2.31. The molecular formula is C28H36N6O7S. The van der Waals surface area contributed by atoms with Crippen molar-refractivity contribution in [3.05, 3.63) is 60.6 Å². The Bertz CT molecular complexity index is 1530. The second kappa shape index (κ2) is 12.8. The summed E-state index contributed by atoms with van der Waals surface area (Å²) in [6, 6.07) is 10.4. The number of ether oxygens (including phenoxy) is 2. The van der Waals surface area contributed by atoms with Crippen molar-refractivity contribution < 1.29 is 32.6 Å². The molecule has 226 valence electrons. The molecule has 0 radical (unpaired) electrons. The molecule has 0 spiro atoms. The van der Waals surface area contributed by atoms with Gasteiger partial charge in [-0.3, -0.25) is 4.79 Å². The molecule has 3 N–H and O–H groups in total. The van der Waals surface area contributed by atoms with Crippen molar-refractivity contribution in [2.75, 3.05) is 44.5 Å². The van der Waals surface area contributed by atoms with Crippen LogP contribution in [0.25, 0.3) is 0 Å². The zero-order valence-electron chi connectivity index (χ0n) is 24.1. The summed E-state index contributed by atoms with van der Waals surface area (Å²) in [5.41, 5.74) is 1.06. The Kier molecular flexibility index (Phi) is 9.39. The molecule has 42 heavy (non-hydrogen) atoms. The van der Waals surface area contributed by atoms with E-state index < -0.39 is 28.2 Å². The zero-order valence-corrected chi connectivity index (χ0v) is 25.0. The number of aromatic nitrogens is 2. The van der Waals surface area contributed by atoms with E-state index in [1.807, 2.05) is 6.92 Å². The van der Waals surface area contributed by atoms with E-state index in [9.17, 15) is 23.1 Å². The number of hydrogen-bond acceptors (Lipinski definition) is 8. The minimum absolute atomic E-state index is 0.0146. The van der Waals surface area contributed by atoms with E-state index in [1.54, 1.807) is 62.0 Å². The van der Waals surface area contributed by atoms with Gasteiger partial charge in [0.25, 0.3) is 15.9 Å².